The Bertz CT molecular complexity index is 875. The van der Waals surface area contributed by atoms with E-state index in [1.165, 1.54) is 13.3 Å². The Morgan fingerprint density at radius 3 is 2.43 bits per heavy atom. The molecule has 2 heterocycles. The number of nitrogens with zero attached hydrogens (tertiary/aromatic N) is 3. The molecule has 2 aromatic rings. The number of rotatable bonds is 4. The molecule has 0 aliphatic carbocycles. The number of amides is 2. The van der Waals surface area contributed by atoms with Crippen molar-refractivity contribution in [1.82, 2.24) is 14.9 Å². The first-order valence-electron chi connectivity index (χ1n) is 8.80. The van der Waals surface area contributed by atoms with Crippen molar-refractivity contribution in [3.8, 4) is 5.75 Å². The summed E-state index contributed by atoms with van der Waals surface area (Å²) in [7, 11) is 1.16. The van der Waals surface area contributed by atoms with Gasteiger partial charge in [-0.25, -0.2) is 18.7 Å². The van der Waals surface area contributed by atoms with Gasteiger partial charge in [0, 0.05) is 31.5 Å². The van der Waals surface area contributed by atoms with E-state index in [1.807, 2.05) is 0 Å². The standard InChI is InChI=1S/C19H20F2N4O3/c1-11(26)24-16-9-22-10-23-17(16)12-3-5-25(6-4-12)19(27)13-7-14(20)18(28-2)15(21)8-13/h7-10,12H,3-6H2,1-2H3,(H,24,26). The number of hydrogen-bond acceptors (Lipinski definition) is 5. The Labute approximate surface area is 160 Å². The number of likely N-dealkylation sites (tertiary alicyclic amines) is 1. The summed E-state index contributed by atoms with van der Waals surface area (Å²) in [6.07, 6.45) is 4.18. The highest BCUT2D eigenvalue weighted by molar-refractivity contribution is 5.94. The summed E-state index contributed by atoms with van der Waals surface area (Å²) in [5.74, 6) is -2.96. The summed E-state index contributed by atoms with van der Waals surface area (Å²) in [6, 6.07) is 1.96. The molecule has 1 fully saturated rings. The third-order valence-electron chi connectivity index (χ3n) is 4.67. The summed E-state index contributed by atoms with van der Waals surface area (Å²) in [4.78, 5) is 33.8. The SMILES string of the molecule is COc1c(F)cc(C(=O)N2CCC(c3ncncc3NC(C)=O)CC2)cc1F. The Morgan fingerprint density at radius 2 is 1.86 bits per heavy atom. The fraction of sp³-hybridized carbons (Fsp3) is 0.368. The molecule has 9 heteroatoms. The number of anilines is 1. The second-order valence-electron chi connectivity index (χ2n) is 6.54. The fourth-order valence-electron chi connectivity index (χ4n) is 3.37. The topological polar surface area (TPSA) is 84.4 Å². The van der Waals surface area contributed by atoms with E-state index in [-0.39, 0.29) is 17.4 Å². The van der Waals surface area contributed by atoms with Crippen LogP contribution in [0.4, 0.5) is 14.5 Å². The maximum absolute atomic E-state index is 13.9. The lowest BCUT2D eigenvalue weighted by Gasteiger charge is -2.32. The van der Waals surface area contributed by atoms with Gasteiger partial charge in [0.25, 0.3) is 5.91 Å². The van der Waals surface area contributed by atoms with E-state index in [9.17, 15) is 18.4 Å². The van der Waals surface area contributed by atoms with Gasteiger partial charge in [0.15, 0.2) is 17.4 Å². The molecule has 3 rings (SSSR count). The van der Waals surface area contributed by atoms with Crippen LogP contribution in [0.5, 0.6) is 5.75 Å². The Morgan fingerprint density at radius 1 is 1.21 bits per heavy atom. The number of piperidine rings is 1. The van der Waals surface area contributed by atoms with Crippen LogP contribution in [0.25, 0.3) is 0 Å². The van der Waals surface area contributed by atoms with Gasteiger partial charge in [0.05, 0.1) is 24.7 Å². The van der Waals surface area contributed by atoms with Crippen molar-refractivity contribution < 1.29 is 23.1 Å². The zero-order valence-corrected chi connectivity index (χ0v) is 15.5. The zero-order chi connectivity index (χ0) is 20.3. The lowest BCUT2D eigenvalue weighted by molar-refractivity contribution is -0.114. The molecule has 1 aliphatic heterocycles. The predicted molar refractivity (Wildman–Crippen MR) is 97.1 cm³/mol. The molecule has 1 saturated heterocycles. The highest BCUT2D eigenvalue weighted by Gasteiger charge is 2.28. The lowest BCUT2D eigenvalue weighted by atomic mass is 9.92. The minimum absolute atomic E-state index is 0.0400. The molecule has 28 heavy (non-hydrogen) atoms. The van der Waals surface area contributed by atoms with Crippen molar-refractivity contribution in [3.63, 3.8) is 0 Å². The number of hydrogen-bond donors (Lipinski definition) is 1. The van der Waals surface area contributed by atoms with Crippen molar-refractivity contribution in [1.29, 1.82) is 0 Å². The van der Waals surface area contributed by atoms with E-state index in [0.717, 1.165) is 24.9 Å². The van der Waals surface area contributed by atoms with Crippen LogP contribution >= 0.6 is 0 Å². The second-order valence-corrected chi connectivity index (χ2v) is 6.54. The van der Waals surface area contributed by atoms with E-state index in [1.54, 1.807) is 11.1 Å². The monoisotopic (exact) mass is 390 g/mol. The quantitative estimate of drug-likeness (QED) is 0.868. The van der Waals surface area contributed by atoms with Gasteiger partial charge >= 0.3 is 0 Å². The molecular formula is C19H20F2N4O3. The third kappa shape index (κ3) is 4.08. The minimum atomic E-state index is -0.915. The van der Waals surface area contributed by atoms with E-state index in [4.69, 9.17) is 0 Å². The van der Waals surface area contributed by atoms with Gasteiger partial charge < -0.3 is 15.0 Å². The smallest absolute Gasteiger partial charge is 0.254 e. The molecule has 0 saturated carbocycles. The molecule has 1 aromatic heterocycles. The first kappa shape index (κ1) is 19.7. The van der Waals surface area contributed by atoms with Gasteiger partial charge in [-0.15, -0.1) is 0 Å². The van der Waals surface area contributed by atoms with Gasteiger partial charge in [-0.1, -0.05) is 0 Å². The average Bonchev–Trinajstić information content (AvgIpc) is 2.67. The number of aromatic nitrogens is 2. The number of ether oxygens (including phenoxy) is 1. The Balaban J connectivity index is 1.71. The van der Waals surface area contributed by atoms with Crippen molar-refractivity contribution in [2.24, 2.45) is 0 Å². The Hall–Kier alpha value is -3.10. The zero-order valence-electron chi connectivity index (χ0n) is 15.5. The van der Waals surface area contributed by atoms with E-state index in [0.29, 0.717) is 31.6 Å². The maximum Gasteiger partial charge on any atom is 0.254 e. The lowest BCUT2D eigenvalue weighted by Crippen LogP contribution is -2.38. The normalized spacial score (nSPS) is 14.6. The molecule has 0 radical (unpaired) electrons. The molecular weight excluding hydrogens is 370 g/mol. The van der Waals surface area contributed by atoms with Crippen LogP contribution < -0.4 is 10.1 Å². The molecule has 1 aliphatic rings. The number of benzene rings is 1. The number of carbonyl (C=O) groups is 2. The summed E-state index contributed by atoms with van der Waals surface area (Å²) in [5, 5.41) is 2.71. The summed E-state index contributed by atoms with van der Waals surface area (Å²) in [5.41, 5.74) is 1.22. The van der Waals surface area contributed by atoms with Crippen LogP contribution in [0.2, 0.25) is 0 Å². The van der Waals surface area contributed by atoms with E-state index in [2.05, 4.69) is 20.0 Å². The van der Waals surface area contributed by atoms with Gasteiger partial charge in [-0.2, -0.15) is 0 Å². The second kappa shape index (κ2) is 8.28. The van der Waals surface area contributed by atoms with Gasteiger partial charge in [-0.05, 0) is 25.0 Å². The van der Waals surface area contributed by atoms with E-state index < -0.39 is 23.3 Å². The van der Waals surface area contributed by atoms with Crippen LogP contribution in [0.15, 0.2) is 24.7 Å². The number of carbonyl (C=O) groups excluding carboxylic acids is 2. The van der Waals surface area contributed by atoms with Crippen LogP contribution in [0, 0.1) is 11.6 Å². The average molecular weight is 390 g/mol. The van der Waals surface area contributed by atoms with E-state index >= 15 is 0 Å². The summed E-state index contributed by atoms with van der Waals surface area (Å²) < 4.78 is 32.4. The maximum atomic E-state index is 13.9. The molecule has 0 unspecified atom stereocenters. The van der Waals surface area contributed by atoms with Gasteiger partial charge in [0.1, 0.15) is 6.33 Å². The molecule has 0 atom stereocenters. The number of methoxy groups -OCH3 is 1. The molecule has 1 aromatic carbocycles. The number of halogens is 2. The fourth-order valence-corrected chi connectivity index (χ4v) is 3.37. The van der Waals surface area contributed by atoms with Crippen molar-refractivity contribution in [2.45, 2.75) is 25.7 Å². The molecule has 0 bridgehead atoms. The van der Waals surface area contributed by atoms with Crippen molar-refractivity contribution in [2.75, 3.05) is 25.5 Å². The molecule has 0 spiro atoms. The van der Waals surface area contributed by atoms with Crippen molar-refractivity contribution in [3.05, 3.63) is 47.5 Å². The molecule has 2 amide bonds. The van der Waals surface area contributed by atoms with Crippen LogP contribution in [0.1, 0.15) is 41.7 Å². The van der Waals surface area contributed by atoms with Crippen molar-refractivity contribution >= 4 is 17.5 Å². The molecule has 148 valence electrons. The molecule has 7 nitrogen and oxygen atoms in total. The highest BCUT2D eigenvalue weighted by atomic mass is 19.1. The molecule has 1 N–H and O–H groups in total. The summed E-state index contributed by atoms with van der Waals surface area (Å²) >= 11 is 0. The van der Waals surface area contributed by atoms with Crippen LogP contribution in [-0.2, 0) is 4.79 Å². The van der Waals surface area contributed by atoms with Gasteiger partial charge in [0.2, 0.25) is 5.91 Å². The Kier molecular flexibility index (Phi) is 5.81. The van der Waals surface area contributed by atoms with Crippen LogP contribution in [0.3, 0.4) is 0 Å². The first-order valence-corrected chi connectivity index (χ1v) is 8.80. The van der Waals surface area contributed by atoms with Gasteiger partial charge in [-0.3, -0.25) is 9.59 Å². The first-order chi connectivity index (χ1) is 13.4. The largest absolute Gasteiger partial charge is 0.491 e. The highest BCUT2D eigenvalue weighted by Crippen LogP contribution is 2.32. The number of nitrogens with one attached hydrogen (secondary N) is 1. The minimum Gasteiger partial charge on any atom is -0.491 e. The van der Waals surface area contributed by atoms with Crippen LogP contribution in [-0.4, -0.2) is 46.9 Å². The summed E-state index contributed by atoms with van der Waals surface area (Å²) in [6.45, 7) is 2.22. The third-order valence-corrected chi connectivity index (χ3v) is 4.67. The predicted octanol–water partition coefficient (Wildman–Crippen LogP) is 2.74.